The molecular weight excluding hydrogens is 719 g/mol. The maximum Gasteiger partial charge on any atom is 0.338 e. The molecular formula is C31H26BrIN2O5S. The van der Waals surface area contributed by atoms with Gasteiger partial charge in [0.2, 0.25) is 0 Å². The number of methoxy groups -OCH3 is 1. The van der Waals surface area contributed by atoms with E-state index in [1.54, 1.807) is 18.6 Å². The van der Waals surface area contributed by atoms with Gasteiger partial charge in [-0.15, -0.1) is 0 Å². The SMILES string of the molecule is CCOC(=O)C1=C(c2ccccc2)N=c2s/c(=C\c3cc(Br)cc(I)c3OCC)c(=O)n2[C@H]1c1ccc(OC)cc1. The predicted octanol–water partition coefficient (Wildman–Crippen LogP) is 5.71. The number of hydrogen-bond acceptors (Lipinski definition) is 7. The lowest BCUT2D eigenvalue weighted by atomic mass is 9.93. The summed E-state index contributed by atoms with van der Waals surface area (Å²) in [6.45, 7) is 4.35. The van der Waals surface area contributed by atoms with Gasteiger partial charge in [-0.3, -0.25) is 9.36 Å². The van der Waals surface area contributed by atoms with Crippen LogP contribution in [-0.2, 0) is 9.53 Å². The van der Waals surface area contributed by atoms with Crippen LogP contribution >= 0.6 is 49.9 Å². The Morgan fingerprint density at radius 3 is 2.49 bits per heavy atom. The van der Waals surface area contributed by atoms with E-state index >= 15 is 0 Å². The van der Waals surface area contributed by atoms with E-state index in [4.69, 9.17) is 19.2 Å². The van der Waals surface area contributed by atoms with Crippen molar-refractivity contribution in [2.75, 3.05) is 20.3 Å². The second-order valence-electron chi connectivity index (χ2n) is 8.94. The highest BCUT2D eigenvalue weighted by atomic mass is 127. The third kappa shape index (κ3) is 5.91. The molecule has 4 aromatic rings. The van der Waals surface area contributed by atoms with Gasteiger partial charge in [-0.25, -0.2) is 9.79 Å². The minimum Gasteiger partial charge on any atom is -0.497 e. The molecule has 210 valence electrons. The first-order chi connectivity index (χ1) is 19.9. The molecule has 0 spiro atoms. The molecule has 0 radical (unpaired) electrons. The maximum atomic E-state index is 14.2. The van der Waals surface area contributed by atoms with Crippen molar-refractivity contribution >= 4 is 67.6 Å². The quantitative estimate of drug-likeness (QED) is 0.171. The Bertz CT molecular complexity index is 1810. The Balaban J connectivity index is 1.83. The van der Waals surface area contributed by atoms with Gasteiger partial charge in [0, 0.05) is 15.6 Å². The van der Waals surface area contributed by atoms with Gasteiger partial charge in [-0.05, 0) is 72.3 Å². The molecule has 0 unspecified atom stereocenters. The number of fused-ring (bicyclic) bond motifs is 1. The highest BCUT2D eigenvalue weighted by Crippen LogP contribution is 2.36. The summed E-state index contributed by atoms with van der Waals surface area (Å²) in [5.74, 6) is 0.843. The van der Waals surface area contributed by atoms with Crippen LogP contribution in [0.2, 0.25) is 0 Å². The van der Waals surface area contributed by atoms with Crippen molar-refractivity contribution in [2.24, 2.45) is 4.99 Å². The molecule has 0 fully saturated rings. The van der Waals surface area contributed by atoms with Crippen LogP contribution in [0.1, 0.15) is 36.6 Å². The monoisotopic (exact) mass is 744 g/mol. The number of carbonyl (C=O) groups is 1. The fraction of sp³-hybridized carbons (Fsp3) is 0.194. The summed E-state index contributed by atoms with van der Waals surface area (Å²) in [7, 11) is 1.59. The van der Waals surface area contributed by atoms with E-state index in [0.717, 1.165) is 24.7 Å². The smallest absolute Gasteiger partial charge is 0.338 e. The molecule has 2 heterocycles. The average Bonchev–Trinajstić information content (AvgIpc) is 3.28. The van der Waals surface area contributed by atoms with Crippen molar-refractivity contribution < 1.29 is 19.0 Å². The highest BCUT2D eigenvalue weighted by molar-refractivity contribution is 14.1. The summed E-state index contributed by atoms with van der Waals surface area (Å²) in [6.07, 6.45) is 1.82. The van der Waals surface area contributed by atoms with Gasteiger partial charge < -0.3 is 14.2 Å². The maximum absolute atomic E-state index is 14.2. The number of halogens is 2. The van der Waals surface area contributed by atoms with E-state index in [9.17, 15) is 9.59 Å². The van der Waals surface area contributed by atoms with E-state index < -0.39 is 12.0 Å². The van der Waals surface area contributed by atoms with Crippen LogP contribution in [0.3, 0.4) is 0 Å². The third-order valence-corrected chi connectivity index (χ3v) is 8.66. The Morgan fingerprint density at radius 1 is 1.10 bits per heavy atom. The molecule has 0 bridgehead atoms. The normalized spacial score (nSPS) is 14.9. The molecule has 1 aromatic heterocycles. The topological polar surface area (TPSA) is 79.1 Å². The Morgan fingerprint density at radius 2 is 1.83 bits per heavy atom. The number of rotatable bonds is 8. The van der Waals surface area contributed by atoms with Gasteiger partial charge in [0.05, 0.1) is 45.7 Å². The van der Waals surface area contributed by atoms with Crippen molar-refractivity contribution in [3.63, 3.8) is 0 Å². The van der Waals surface area contributed by atoms with Crippen LogP contribution in [0.25, 0.3) is 11.8 Å². The van der Waals surface area contributed by atoms with Gasteiger partial charge >= 0.3 is 5.97 Å². The fourth-order valence-electron chi connectivity index (χ4n) is 4.67. The van der Waals surface area contributed by atoms with Crippen LogP contribution in [0.5, 0.6) is 11.5 Å². The molecule has 1 aliphatic rings. The Labute approximate surface area is 263 Å². The number of carbonyl (C=O) groups excluding carboxylic acids is 1. The predicted molar refractivity (Wildman–Crippen MR) is 172 cm³/mol. The van der Waals surface area contributed by atoms with Gasteiger partial charge in [0.25, 0.3) is 5.56 Å². The Hall–Kier alpha value is -3.22. The summed E-state index contributed by atoms with van der Waals surface area (Å²) in [4.78, 5) is 33.1. The molecule has 3 aromatic carbocycles. The number of benzene rings is 3. The van der Waals surface area contributed by atoms with Gasteiger partial charge in [0.1, 0.15) is 11.5 Å². The summed E-state index contributed by atoms with van der Waals surface area (Å²) >= 11 is 7.06. The van der Waals surface area contributed by atoms with Gasteiger partial charge in [-0.1, -0.05) is 69.7 Å². The highest BCUT2D eigenvalue weighted by Gasteiger charge is 2.35. The van der Waals surface area contributed by atoms with Crippen LogP contribution < -0.4 is 24.4 Å². The van der Waals surface area contributed by atoms with Crippen molar-refractivity contribution in [1.82, 2.24) is 4.57 Å². The molecule has 41 heavy (non-hydrogen) atoms. The van der Waals surface area contributed by atoms with Crippen LogP contribution in [-0.4, -0.2) is 30.9 Å². The molecule has 7 nitrogen and oxygen atoms in total. The van der Waals surface area contributed by atoms with Crippen molar-refractivity contribution in [1.29, 1.82) is 0 Å². The third-order valence-electron chi connectivity index (χ3n) is 6.42. The van der Waals surface area contributed by atoms with Crippen LogP contribution in [0.4, 0.5) is 0 Å². The minimum atomic E-state index is -0.762. The summed E-state index contributed by atoms with van der Waals surface area (Å²) in [5, 5.41) is 0. The molecule has 1 aliphatic heterocycles. The lowest BCUT2D eigenvalue weighted by Crippen LogP contribution is -2.40. The van der Waals surface area contributed by atoms with Crippen molar-refractivity contribution in [2.45, 2.75) is 19.9 Å². The van der Waals surface area contributed by atoms with E-state index in [0.29, 0.717) is 38.7 Å². The molecule has 5 rings (SSSR count). The number of thiazole rings is 1. The lowest BCUT2D eigenvalue weighted by Gasteiger charge is -2.26. The van der Waals surface area contributed by atoms with E-state index in [1.165, 1.54) is 11.3 Å². The van der Waals surface area contributed by atoms with E-state index in [-0.39, 0.29) is 12.2 Å². The minimum absolute atomic E-state index is 0.186. The average molecular weight is 745 g/mol. The zero-order chi connectivity index (χ0) is 29.1. The molecule has 0 amide bonds. The second kappa shape index (κ2) is 12.7. The number of hydrogen-bond donors (Lipinski definition) is 0. The van der Waals surface area contributed by atoms with Crippen LogP contribution in [0, 0.1) is 3.57 Å². The zero-order valence-electron chi connectivity index (χ0n) is 22.5. The second-order valence-corrected chi connectivity index (χ2v) is 12.0. The Kier molecular flexibility index (Phi) is 9.10. The molecule has 10 heteroatoms. The van der Waals surface area contributed by atoms with Gasteiger partial charge in [0.15, 0.2) is 4.80 Å². The van der Waals surface area contributed by atoms with Gasteiger partial charge in [-0.2, -0.15) is 0 Å². The standard InChI is InChI=1S/C31H26BrIN2O5S/c1-4-39-28-20(15-21(32)17-23(28)33)16-24-29(36)35-27(19-11-13-22(38-3)14-12-19)25(30(37)40-5-2)26(34-31(35)41-24)18-9-7-6-8-10-18/h6-17,27H,4-5H2,1-3H3/b24-16-/t27-/m0/s1. The number of ether oxygens (including phenoxy) is 3. The largest absolute Gasteiger partial charge is 0.497 e. The molecule has 0 aliphatic carbocycles. The first kappa shape index (κ1) is 29.3. The van der Waals surface area contributed by atoms with E-state index in [1.807, 2.05) is 79.7 Å². The molecule has 0 saturated carbocycles. The van der Waals surface area contributed by atoms with Crippen molar-refractivity contribution in [3.8, 4) is 11.5 Å². The van der Waals surface area contributed by atoms with E-state index in [2.05, 4.69) is 38.5 Å². The summed E-state index contributed by atoms with van der Waals surface area (Å²) in [6, 6.07) is 20.0. The molecule has 0 saturated heterocycles. The molecule has 0 N–H and O–H groups in total. The number of esters is 1. The number of nitrogens with zero attached hydrogens (tertiary/aromatic N) is 2. The van der Waals surface area contributed by atoms with Crippen LogP contribution in [0.15, 0.2) is 86.6 Å². The summed E-state index contributed by atoms with van der Waals surface area (Å²) in [5.41, 5.74) is 2.77. The summed E-state index contributed by atoms with van der Waals surface area (Å²) < 4.78 is 20.7. The fourth-order valence-corrected chi connectivity index (χ4v) is 7.37. The lowest BCUT2D eigenvalue weighted by molar-refractivity contribution is -0.138. The first-order valence-electron chi connectivity index (χ1n) is 12.9. The molecule has 1 atom stereocenters. The number of aromatic nitrogens is 1. The first-order valence-corrected chi connectivity index (χ1v) is 15.6. The van der Waals surface area contributed by atoms with Crippen molar-refractivity contribution in [3.05, 3.63) is 117 Å². The zero-order valence-corrected chi connectivity index (χ0v) is 27.1.